The van der Waals surface area contributed by atoms with E-state index in [-0.39, 0.29) is 17.4 Å². The zero-order valence-corrected chi connectivity index (χ0v) is 22.5. The summed E-state index contributed by atoms with van der Waals surface area (Å²) in [6.07, 6.45) is 4.26. The standard InChI is InChI=1S/C28H34N4O4S/c1-20(2)16-27(28(33)36-19-23-8-6-5-7-9-23)31(4)37(34,35)24-12-10-22(11-13-24)18-32-21(3)30-25-17-29-15-14-26(25)32/h5-15,20,27,29H,16-19H2,1-4H3/t27-/m0/s1. The molecule has 0 saturated carbocycles. The summed E-state index contributed by atoms with van der Waals surface area (Å²) in [6.45, 7) is 7.24. The SMILES string of the molecule is Cc1nc2c(n1Cc1ccc(S(=O)(=O)N(C)[C@@H](CC(C)C)C(=O)OCc3ccccc3)cc1)C=CNC2. The van der Waals surface area contributed by atoms with Gasteiger partial charge in [0.1, 0.15) is 18.5 Å². The lowest BCUT2D eigenvalue weighted by Crippen LogP contribution is -2.44. The summed E-state index contributed by atoms with van der Waals surface area (Å²) in [6, 6.07) is 15.2. The molecule has 0 unspecified atom stereocenters. The monoisotopic (exact) mass is 522 g/mol. The van der Waals surface area contributed by atoms with E-state index >= 15 is 0 Å². The molecule has 0 bridgehead atoms. The molecule has 37 heavy (non-hydrogen) atoms. The van der Waals surface area contributed by atoms with Crippen molar-refractivity contribution in [1.29, 1.82) is 0 Å². The minimum atomic E-state index is -3.92. The van der Waals surface area contributed by atoms with Crippen LogP contribution in [0.2, 0.25) is 0 Å². The number of esters is 1. The topological polar surface area (TPSA) is 93.5 Å². The number of likely N-dealkylation sites (N-methyl/N-ethyl adjacent to an activating group) is 1. The summed E-state index contributed by atoms with van der Waals surface area (Å²) >= 11 is 0. The van der Waals surface area contributed by atoms with Crippen molar-refractivity contribution >= 4 is 22.1 Å². The second-order valence-corrected chi connectivity index (χ2v) is 11.7. The summed E-state index contributed by atoms with van der Waals surface area (Å²) in [5, 5.41) is 3.16. The predicted molar refractivity (Wildman–Crippen MR) is 143 cm³/mol. The van der Waals surface area contributed by atoms with Crippen molar-refractivity contribution in [1.82, 2.24) is 19.2 Å². The summed E-state index contributed by atoms with van der Waals surface area (Å²) in [5.74, 6) is 0.450. The number of carbonyl (C=O) groups is 1. The van der Waals surface area contributed by atoms with Crippen molar-refractivity contribution in [3.8, 4) is 0 Å². The zero-order chi connectivity index (χ0) is 26.6. The number of aryl methyl sites for hydroxylation is 1. The average molecular weight is 523 g/mol. The number of benzene rings is 2. The quantitative estimate of drug-likeness (QED) is 0.403. The molecular weight excluding hydrogens is 488 g/mol. The number of rotatable bonds is 10. The average Bonchev–Trinajstić information content (AvgIpc) is 3.21. The number of imidazole rings is 1. The number of fused-ring (bicyclic) bond motifs is 1. The number of hydrogen-bond donors (Lipinski definition) is 1. The molecule has 1 N–H and O–H groups in total. The lowest BCUT2D eigenvalue weighted by Gasteiger charge is -2.27. The highest BCUT2D eigenvalue weighted by molar-refractivity contribution is 7.89. The van der Waals surface area contributed by atoms with Crippen LogP contribution in [0.4, 0.5) is 0 Å². The van der Waals surface area contributed by atoms with Gasteiger partial charge in [-0.05, 0) is 54.8 Å². The number of sulfonamides is 1. The molecule has 196 valence electrons. The molecule has 2 aromatic carbocycles. The van der Waals surface area contributed by atoms with Crippen LogP contribution in [0.25, 0.3) is 6.08 Å². The predicted octanol–water partition coefficient (Wildman–Crippen LogP) is 4.09. The Morgan fingerprint density at radius 3 is 2.49 bits per heavy atom. The lowest BCUT2D eigenvalue weighted by atomic mass is 10.0. The van der Waals surface area contributed by atoms with Crippen LogP contribution in [-0.4, -0.2) is 41.3 Å². The number of hydrogen-bond acceptors (Lipinski definition) is 6. The van der Waals surface area contributed by atoms with Gasteiger partial charge in [0, 0.05) is 13.6 Å². The lowest BCUT2D eigenvalue weighted by molar-refractivity contribution is -0.149. The number of carbonyl (C=O) groups excluding carboxylic acids is 1. The van der Waals surface area contributed by atoms with Gasteiger partial charge in [0.2, 0.25) is 10.0 Å². The molecule has 0 saturated heterocycles. The molecule has 1 aliphatic rings. The van der Waals surface area contributed by atoms with Crippen molar-refractivity contribution in [2.24, 2.45) is 5.92 Å². The Bertz CT molecular complexity index is 1360. The van der Waals surface area contributed by atoms with Crippen LogP contribution in [0.15, 0.2) is 65.7 Å². The van der Waals surface area contributed by atoms with Gasteiger partial charge in [0.05, 0.1) is 22.8 Å². The molecule has 0 amide bonds. The normalized spacial score (nSPS) is 13.9. The molecule has 8 nitrogen and oxygen atoms in total. The summed E-state index contributed by atoms with van der Waals surface area (Å²) < 4.78 is 35.8. The van der Waals surface area contributed by atoms with Gasteiger partial charge in [-0.15, -0.1) is 0 Å². The van der Waals surface area contributed by atoms with Gasteiger partial charge < -0.3 is 14.6 Å². The molecule has 2 heterocycles. The van der Waals surface area contributed by atoms with Crippen LogP contribution in [0, 0.1) is 12.8 Å². The highest BCUT2D eigenvalue weighted by Gasteiger charge is 2.34. The number of nitrogens with zero attached hydrogens (tertiary/aromatic N) is 3. The fourth-order valence-corrected chi connectivity index (χ4v) is 5.72. The number of nitrogens with one attached hydrogen (secondary N) is 1. The Labute approximate surface area is 219 Å². The molecule has 0 aliphatic carbocycles. The first-order valence-corrected chi connectivity index (χ1v) is 13.8. The van der Waals surface area contributed by atoms with Gasteiger partial charge in [0.25, 0.3) is 0 Å². The Kier molecular flexibility index (Phi) is 8.14. The first-order valence-electron chi connectivity index (χ1n) is 12.4. The molecule has 1 aromatic heterocycles. The van der Waals surface area contributed by atoms with E-state index in [0.717, 1.165) is 32.6 Å². The molecule has 0 radical (unpaired) electrons. The third kappa shape index (κ3) is 6.11. The fourth-order valence-electron chi connectivity index (χ4n) is 4.40. The van der Waals surface area contributed by atoms with Crippen molar-refractivity contribution in [2.75, 3.05) is 7.05 Å². The van der Waals surface area contributed by atoms with Gasteiger partial charge in [0.15, 0.2) is 0 Å². The molecule has 0 fully saturated rings. The van der Waals surface area contributed by atoms with Crippen LogP contribution >= 0.6 is 0 Å². The van der Waals surface area contributed by atoms with Crippen LogP contribution in [-0.2, 0) is 39.3 Å². The first-order chi connectivity index (χ1) is 17.7. The van der Waals surface area contributed by atoms with Crippen LogP contribution in [0.5, 0.6) is 0 Å². The molecule has 1 aliphatic heterocycles. The number of ether oxygens (including phenoxy) is 1. The summed E-state index contributed by atoms with van der Waals surface area (Å²) in [4.78, 5) is 17.8. The van der Waals surface area contributed by atoms with E-state index in [1.807, 2.05) is 75.5 Å². The van der Waals surface area contributed by atoms with E-state index in [1.165, 1.54) is 7.05 Å². The Morgan fingerprint density at radius 1 is 1.11 bits per heavy atom. The minimum Gasteiger partial charge on any atom is -0.460 e. The van der Waals surface area contributed by atoms with Gasteiger partial charge >= 0.3 is 5.97 Å². The largest absolute Gasteiger partial charge is 0.460 e. The fraction of sp³-hybridized carbons (Fsp3) is 0.357. The van der Waals surface area contributed by atoms with Crippen molar-refractivity contribution in [3.63, 3.8) is 0 Å². The molecule has 3 aromatic rings. The second-order valence-electron chi connectivity index (χ2n) is 9.70. The van der Waals surface area contributed by atoms with E-state index in [1.54, 1.807) is 12.1 Å². The van der Waals surface area contributed by atoms with E-state index in [0.29, 0.717) is 19.5 Å². The van der Waals surface area contributed by atoms with Crippen molar-refractivity contribution in [3.05, 3.63) is 89.1 Å². The highest BCUT2D eigenvalue weighted by Crippen LogP contribution is 2.23. The molecule has 4 rings (SSSR count). The molecule has 0 spiro atoms. The van der Waals surface area contributed by atoms with E-state index in [2.05, 4.69) is 14.9 Å². The maximum Gasteiger partial charge on any atom is 0.324 e. The third-order valence-electron chi connectivity index (χ3n) is 6.47. The van der Waals surface area contributed by atoms with Gasteiger partial charge in [-0.25, -0.2) is 13.4 Å². The van der Waals surface area contributed by atoms with Gasteiger partial charge in [-0.1, -0.05) is 56.3 Å². The summed E-state index contributed by atoms with van der Waals surface area (Å²) in [5.41, 5.74) is 3.86. The first kappa shape index (κ1) is 26.6. The maximum absolute atomic E-state index is 13.5. The van der Waals surface area contributed by atoms with Crippen LogP contribution in [0.1, 0.15) is 48.6 Å². The second kappa shape index (κ2) is 11.3. The Hall–Kier alpha value is -3.43. The molecule has 1 atom stereocenters. The van der Waals surface area contributed by atoms with Crippen LogP contribution < -0.4 is 5.32 Å². The van der Waals surface area contributed by atoms with E-state index in [4.69, 9.17) is 4.74 Å². The van der Waals surface area contributed by atoms with E-state index in [9.17, 15) is 13.2 Å². The van der Waals surface area contributed by atoms with E-state index < -0.39 is 22.0 Å². The molecule has 9 heteroatoms. The Balaban J connectivity index is 1.50. The highest BCUT2D eigenvalue weighted by atomic mass is 32.2. The Morgan fingerprint density at radius 2 is 1.81 bits per heavy atom. The van der Waals surface area contributed by atoms with Gasteiger partial charge in [-0.3, -0.25) is 4.79 Å². The number of aromatic nitrogens is 2. The summed E-state index contributed by atoms with van der Waals surface area (Å²) in [7, 11) is -2.47. The molecular formula is C28H34N4O4S. The third-order valence-corrected chi connectivity index (χ3v) is 8.35. The van der Waals surface area contributed by atoms with Gasteiger partial charge in [-0.2, -0.15) is 4.31 Å². The van der Waals surface area contributed by atoms with Crippen molar-refractivity contribution in [2.45, 2.75) is 57.8 Å². The maximum atomic E-state index is 13.5. The van der Waals surface area contributed by atoms with Crippen LogP contribution in [0.3, 0.4) is 0 Å². The minimum absolute atomic E-state index is 0.0967. The van der Waals surface area contributed by atoms with Crippen molar-refractivity contribution < 1.29 is 17.9 Å². The zero-order valence-electron chi connectivity index (χ0n) is 21.7. The smallest absolute Gasteiger partial charge is 0.324 e.